The quantitative estimate of drug-likeness (QED) is 0.626. The van der Waals surface area contributed by atoms with Gasteiger partial charge in [0.2, 0.25) is 0 Å². The summed E-state index contributed by atoms with van der Waals surface area (Å²) in [5.41, 5.74) is 0.871. The smallest absolute Gasteiger partial charge is 0.475 e. The van der Waals surface area contributed by atoms with E-state index in [0.29, 0.717) is 0 Å². The summed E-state index contributed by atoms with van der Waals surface area (Å²) in [6, 6.07) is 7.42. The molecule has 0 amide bonds. The molecule has 0 N–H and O–H groups in total. The molecular weight excluding hydrogens is 291 g/mol. The highest BCUT2D eigenvalue weighted by Gasteiger charge is 2.32. The Kier molecular flexibility index (Phi) is 7.40. The third kappa shape index (κ3) is 5.44. The van der Waals surface area contributed by atoms with E-state index in [-0.39, 0.29) is 13.2 Å². The molecule has 0 saturated carbocycles. The van der Waals surface area contributed by atoms with Gasteiger partial charge in [0.1, 0.15) is 11.9 Å². The molecule has 0 aliphatic rings. The number of phosphoric acid groups is 1. The van der Waals surface area contributed by atoms with Crippen LogP contribution >= 0.6 is 7.82 Å². The number of hydrogen-bond donors (Lipinski definition) is 0. The van der Waals surface area contributed by atoms with Crippen molar-refractivity contribution in [1.29, 1.82) is 0 Å². The summed E-state index contributed by atoms with van der Waals surface area (Å²) in [5.74, 6) is 1.71. The van der Waals surface area contributed by atoms with Crippen molar-refractivity contribution in [3.63, 3.8) is 0 Å². The number of phosphoric ester groups is 1. The maximum atomic E-state index is 12.5. The number of methoxy groups -OCH3 is 1. The van der Waals surface area contributed by atoms with Crippen LogP contribution in [0.2, 0.25) is 0 Å². The van der Waals surface area contributed by atoms with E-state index in [9.17, 15) is 4.57 Å². The van der Waals surface area contributed by atoms with Crippen LogP contribution in [0.15, 0.2) is 24.3 Å². The fraction of sp³-hybridized carbons (Fsp3) is 0.533. The zero-order chi connectivity index (χ0) is 15.9. The van der Waals surface area contributed by atoms with Gasteiger partial charge in [0.25, 0.3) is 0 Å². The van der Waals surface area contributed by atoms with Gasteiger partial charge in [-0.25, -0.2) is 4.57 Å². The van der Waals surface area contributed by atoms with Crippen LogP contribution in [0.4, 0.5) is 0 Å². The first-order valence-corrected chi connectivity index (χ1v) is 8.43. The van der Waals surface area contributed by atoms with Crippen molar-refractivity contribution >= 4 is 7.82 Å². The molecule has 5 nitrogen and oxygen atoms in total. The van der Waals surface area contributed by atoms with Crippen LogP contribution < -0.4 is 4.74 Å². The van der Waals surface area contributed by atoms with Crippen LogP contribution in [-0.2, 0) is 18.1 Å². The van der Waals surface area contributed by atoms with Crippen molar-refractivity contribution in [2.45, 2.75) is 33.8 Å². The van der Waals surface area contributed by atoms with Crippen molar-refractivity contribution in [1.82, 2.24) is 0 Å². The van der Waals surface area contributed by atoms with E-state index in [2.05, 4.69) is 0 Å². The first kappa shape index (κ1) is 18.2. The molecule has 1 unspecified atom stereocenters. The molecule has 1 aromatic carbocycles. The highest BCUT2D eigenvalue weighted by molar-refractivity contribution is 7.48. The molecule has 1 aromatic rings. The first-order valence-electron chi connectivity index (χ1n) is 6.97. The summed E-state index contributed by atoms with van der Waals surface area (Å²) in [4.78, 5) is 0. The van der Waals surface area contributed by atoms with Gasteiger partial charge in [0.15, 0.2) is 0 Å². The Bertz CT molecular complexity index is 448. The molecule has 0 aromatic heterocycles. The summed E-state index contributed by atoms with van der Waals surface area (Å²) in [7, 11) is -1.96. The van der Waals surface area contributed by atoms with Gasteiger partial charge in [-0.15, -0.1) is 0 Å². The monoisotopic (exact) mass is 315 g/mol. The van der Waals surface area contributed by atoms with E-state index in [1.807, 2.05) is 38.1 Å². The summed E-state index contributed by atoms with van der Waals surface area (Å²) in [5, 5.41) is 0. The minimum atomic E-state index is -3.57. The summed E-state index contributed by atoms with van der Waals surface area (Å²) in [6.07, 6.45) is -0.458. The molecule has 6 heteroatoms. The molecule has 119 valence electrons. The van der Waals surface area contributed by atoms with Gasteiger partial charge >= 0.3 is 7.82 Å². The van der Waals surface area contributed by atoms with Gasteiger partial charge in [0, 0.05) is 5.92 Å². The van der Waals surface area contributed by atoms with Crippen molar-refractivity contribution < 1.29 is 22.9 Å². The fourth-order valence-electron chi connectivity index (χ4n) is 1.82. The van der Waals surface area contributed by atoms with Gasteiger partial charge in [-0.2, -0.15) is 0 Å². The van der Waals surface area contributed by atoms with Gasteiger partial charge in [-0.05, 0) is 31.5 Å². The molecule has 0 aliphatic carbocycles. The Balaban J connectivity index is 2.97. The van der Waals surface area contributed by atoms with Crippen LogP contribution in [0.5, 0.6) is 5.75 Å². The minimum Gasteiger partial charge on any atom is -0.497 e. The van der Waals surface area contributed by atoms with E-state index in [4.69, 9.17) is 18.3 Å². The standard InChI is InChI=1S/C15H24O5P/c1-6-18-21(16,19-7-2)20-15(12(3)4)13-8-10-14(17-5)11-9-13/h8-11,15H,6-7H2,1-5H3. The maximum Gasteiger partial charge on any atom is 0.475 e. The maximum absolute atomic E-state index is 12.5. The van der Waals surface area contributed by atoms with Crippen molar-refractivity contribution in [3.8, 4) is 5.75 Å². The largest absolute Gasteiger partial charge is 0.497 e. The molecule has 0 heterocycles. The Morgan fingerprint density at radius 3 is 2.00 bits per heavy atom. The molecule has 1 atom stereocenters. The topological polar surface area (TPSA) is 54.0 Å². The molecule has 1 radical (unpaired) electrons. The van der Waals surface area contributed by atoms with Crippen molar-refractivity contribution in [2.24, 2.45) is 0 Å². The molecule has 0 aliphatic heterocycles. The number of benzene rings is 1. The SMILES string of the molecule is CCOP(=O)(OCC)OC([C](C)C)c1ccc(OC)cc1. The lowest BCUT2D eigenvalue weighted by Crippen LogP contribution is -2.11. The van der Waals surface area contributed by atoms with E-state index >= 15 is 0 Å². The lowest BCUT2D eigenvalue weighted by atomic mass is 9.99. The minimum absolute atomic E-state index is 0.259. The lowest BCUT2D eigenvalue weighted by molar-refractivity contribution is 0.0890. The van der Waals surface area contributed by atoms with E-state index in [0.717, 1.165) is 17.2 Å². The zero-order valence-electron chi connectivity index (χ0n) is 13.3. The lowest BCUT2D eigenvalue weighted by Gasteiger charge is -2.26. The average molecular weight is 315 g/mol. The van der Waals surface area contributed by atoms with Crippen LogP contribution in [-0.4, -0.2) is 20.3 Å². The van der Waals surface area contributed by atoms with Crippen molar-refractivity contribution in [3.05, 3.63) is 35.7 Å². The van der Waals surface area contributed by atoms with Crippen LogP contribution in [0.25, 0.3) is 0 Å². The van der Waals surface area contributed by atoms with E-state index < -0.39 is 13.9 Å². The molecule has 0 saturated heterocycles. The fourth-order valence-corrected chi connectivity index (χ4v) is 3.24. The Labute approximate surface area is 127 Å². The van der Waals surface area contributed by atoms with E-state index in [1.165, 1.54) is 0 Å². The van der Waals surface area contributed by atoms with Crippen molar-refractivity contribution in [2.75, 3.05) is 20.3 Å². The molecular formula is C15H24O5P. The number of ether oxygens (including phenoxy) is 1. The normalized spacial score (nSPS) is 13.4. The van der Waals surface area contributed by atoms with Gasteiger partial charge in [-0.3, -0.25) is 13.6 Å². The predicted octanol–water partition coefficient (Wildman–Crippen LogP) is 4.55. The summed E-state index contributed by atoms with van der Waals surface area (Å²) >= 11 is 0. The number of hydrogen-bond acceptors (Lipinski definition) is 5. The van der Waals surface area contributed by atoms with Gasteiger partial charge < -0.3 is 4.74 Å². The first-order chi connectivity index (χ1) is 9.95. The second-order valence-electron chi connectivity index (χ2n) is 4.62. The molecule has 0 spiro atoms. The third-order valence-corrected chi connectivity index (χ3v) is 4.37. The van der Waals surface area contributed by atoms with E-state index in [1.54, 1.807) is 21.0 Å². The second-order valence-corrected chi connectivity index (χ2v) is 6.24. The van der Waals surface area contributed by atoms with Crippen LogP contribution in [0.1, 0.15) is 39.4 Å². The van der Waals surface area contributed by atoms with Crippen LogP contribution in [0.3, 0.4) is 0 Å². The Morgan fingerprint density at radius 2 is 1.62 bits per heavy atom. The summed E-state index contributed by atoms with van der Waals surface area (Å²) in [6.45, 7) is 7.85. The Hall–Kier alpha value is -0.870. The third-order valence-electron chi connectivity index (χ3n) is 2.75. The molecule has 21 heavy (non-hydrogen) atoms. The highest BCUT2D eigenvalue weighted by atomic mass is 31.2. The predicted molar refractivity (Wildman–Crippen MR) is 82.3 cm³/mol. The second kappa shape index (κ2) is 8.54. The summed E-state index contributed by atoms with van der Waals surface area (Å²) < 4.78 is 33.7. The highest BCUT2D eigenvalue weighted by Crippen LogP contribution is 2.54. The molecule has 1 rings (SSSR count). The van der Waals surface area contributed by atoms with Gasteiger partial charge in [-0.1, -0.05) is 26.0 Å². The average Bonchev–Trinajstić information content (AvgIpc) is 2.45. The number of rotatable bonds is 9. The molecule has 0 bridgehead atoms. The Morgan fingerprint density at radius 1 is 1.10 bits per heavy atom. The zero-order valence-corrected chi connectivity index (χ0v) is 14.2. The van der Waals surface area contributed by atoms with Crippen LogP contribution in [0, 0.1) is 5.92 Å². The van der Waals surface area contributed by atoms with Gasteiger partial charge in [0.05, 0.1) is 20.3 Å². The molecule has 0 fully saturated rings.